The van der Waals surface area contributed by atoms with Crippen LogP contribution in [0.1, 0.15) is 97.5 Å². The molecule has 0 atom stereocenters. The lowest BCUT2D eigenvalue weighted by atomic mass is 9.81. The van der Waals surface area contributed by atoms with Crippen LogP contribution in [0.3, 0.4) is 0 Å². The molecule has 0 aliphatic heterocycles. The van der Waals surface area contributed by atoms with Crippen LogP contribution in [0.4, 0.5) is 0 Å². The molecule has 0 spiro atoms. The summed E-state index contributed by atoms with van der Waals surface area (Å²) in [4.78, 5) is 13.4. The summed E-state index contributed by atoms with van der Waals surface area (Å²) in [5, 5.41) is 0. The lowest BCUT2D eigenvalue weighted by Crippen LogP contribution is -2.14. The minimum atomic E-state index is 0.163. The van der Waals surface area contributed by atoms with E-state index in [-0.39, 0.29) is 5.78 Å². The predicted molar refractivity (Wildman–Crippen MR) is 103 cm³/mol. The lowest BCUT2D eigenvalue weighted by Gasteiger charge is -2.22. The molecule has 0 saturated heterocycles. The van der Waals surface area contributed by atoms with E-state index in [4.69, 9.17) is 0 Å². The van der Waals surface area contributed by atoms with Gasteiger partial charge in [0.1, 0.15) is 0 Å². The van der Waals surface area contributed by atoms with E-state index in [1.807, 2.05) is 31.2 Å². The van der Waals surface area contributed by atoms with E-state index in [2.05, 4.69) is 53.7 Å². The van der Waals surface area contributed by atoms with Gasteiger partial charge in [-0.15, -0.1) is 0 Å². The van der Waals surface area contributed by atoms with Crippen LogP contribution >= 0.6 is 0 Å². The van der Waals surface area contributed by atoms with Crippen molar-refractivity contribution in [2.45, 2.75) is 66.2 Å². The van der Waals surface area contributed by atoms with Gasteiger partial charge >= 0.3 is 0 Å². The Kier molecular flexibility index (Phi) is 5.64. The Morgan fingerprint density at radius 2 is 1.29 bits per heavy atom. The topological polar surface area (TPSA) is 17.1 Å². The van der Waals surface area contributed by atoms with Gasteiger partial charge in [-0.2, -0.15) is 0 Å². The van der Waals surface area contributed by atoms with Crippen molar-refractivity contribution >= 4 is 5.78 Å². The fourth-order valence-electron chi connectivity index (χ4n) is 3.18. The van der Waals surface area contributed by atoms with Gasteiger partial charge in [-0.1, -0.05) is 77.9 Å². The molecule has 0 heterocycles. The van der Waals surface area contributed by atoms with Crippen LogP contribution < -0.4 is 0 Å². The highest BCUT2D eigenvalue weighted by Crippen LogP contribution is 2.34. The molecule has 128 valence electrons. The fourth-order valence-corrected chi connectivity index (χ4v) is 3.18. The van der Waals surface area contributed by atoms with Crippen molar-refractivity contribution in [1.29, 1.82) is 0 Å². The summed E-state index contributed by atoms with van der Waals surface area (Å²) in [6.45, 7) is 15.2. The predicted octanol–water partition coefficient (Wildman–Crippen LogP) is 6.60. The van der Waals surface area contributed by atoms with E-state index in [0.29, 0.717) is 17.8 Å². The van der Waals surface area contributed by atoms with Crippen molar-refractivity contribution in [2.75, 3.05) is 0 Å². The van der Waals surface area contributed by atoms with E-state index in [0.717, 1.165) is 16.7 Å². The Labute approximate surface area is 147 Å². The highest BCUT2D eigenvalue weighted by molar-refractivity contribution is 6.12. The minimum Gasteiger partial charge on any atom is -0.289 e. The van der Waals surface area contributed by atoms with E-state index in [1.54, 1.807) is 0 Å². The van der Waals surface area contributed by atoms with Gasteiger partial charge in [-0.05, 0) is 46.9 Å². The van der Waals surface area contributed by atoms with Gasteiger partial charge in [0.25, 0.3) is 0 Å². The van der Waals surface area contributed by atoms with Gasteiger partial charge < -0.3 is 0 Å². The quantitative estimate of drug-likeness (QED) is 0.567. The highest BCUT2D eigenvalue weighted by atomic mass is 16.1. The number of rotatable bonds is 5. The third-order valence-corrected chi connectivity index (χ3v) is 4.75. The standard InChI is InChI=1S/C23H30O/c1-14(2)18-12-20(15(3)4)22(21(13-18)16(5)6)23(24)19-11-9-8-10-17(19)7/h8-16H,1-7H3. The van der Waals surface area contributed by atoms with E-state index < -0.39 is 0 Å². The van der Waals surface area contributed by atoms with Gasteiger partial charge in [0.2, 0.25) is 0 Å². The smallest absolute Gasteiger partial charge is 0.193 e. The Balaban J connectivity index is 2.76. The summed E-state index contributed by atoms with van der Waals surface area (Å²) < 4.78 is 0. The Morgan fingerprint density at radius 3 is 1.71 bits per heavy atom. The first-order valence-corrected chi connectivity index (χ1v) is 9.02. The number of carbonyl (C=O) groups is 1. The maximum atomic E-state index is 13.4. The Hall–Kier alpha value is -1.89. The Bertz CT molecular complexity index is 706. The lowest BCUT2D eigenvalue weighted by molar-refractivity contribution is 0.103. The monoisotopic (exact) mass is 322 g/mol. The molecular weight excluding hydrogens is 292 g/mol. The van der Waals surface area contributed by atoms with E-state index >= 15 is 0 Å². The fraction of sp³-hybridized carbons (Fsp3) is 0.435. The molecule has 2 aromatic rings. The van der Waals surface area contributed by atoms with Crippen LogP contribution in [-0.2, 0) is 0 Å². The molecule has 0 aromatic heterocycles. The molecule has 0 fully saturated rings. The van der Waals surface area contributed by atoms with Gasteiger partial charge in [0.05, 0.1) is 0 Å². The number of hydrogen-bond donors (Lipinski definition) is 0. The molecule has 1 nitrogen and oxygen atoms in total. The number of benzene rings is 2. The number of aryl methyl sites for hydroxylation is 1. The zero-order chi connectivity index (χ0) is 18.0. The number of ketones is 1. The van der Waals surface area contributed by atoms with Crippen molar-refractivity contribution in [1.82, 2.24) is 0 Å². The van der Waals surface area contributed by atoms with Gasteiger partial charge in [0, 0.05) is 11.1 Å². The first-order valence-electron chi connectivity index (χ1n) is 9.02. The molecule has 2 rings (SSSR count). The molecule has 0 aliphatic carbocycles. The van der Waals surface area contributed by atoms with Crippen molar-refractivity contribution < 1.29 is 4.79 Å². The second-order valence-corrected chi connectivity index (χ2v) is 7.68. The first kappa shape index (κ1) is 18.4. The van der Waals surface area contributed by atoms with Crippen LogP contribution in [0.5, 0.6) is 0 Å². The largest absolute Gasteiger partial charge is 0.289 e. The maximum Gasteiger partial charge on any atom is 0.193 e. The summed E-state index contributed by atoms with van der Waals surface area (Å²) in [5.41, 5.74) is 6.46. The zero-order valence-electron chi connectivity index (χ0n) is 16.1. The average molecular weight is 322 g/mol. The van der Waals surface area contributed by atoms with Crippen molar-refractivity contribution in [2.24, 2.45) is 0 Å². The molecule has 0 aliphatic rings. The highest BCUT2D eigenvalue weighted by Gasteiger charge is 2.23. The zero-order valence-corrected chi connectivity index (χ0v) is 16.1. The van der Waals surface area contributed by atoms with Crippen LogP contribution in [0.25, 0.3) is 0 Å². The second kappa shape index (κ2) is 7.34. The van der Waals surface area contributed by atoms with Crippen LogP contribution in [0, 0.1) is 6.92 Å². The number of hydrogen-bond acceptors (Lipinski definition) is 1. The minimum absolute atomic E-state index is 0.163. The van der Waals surface area contributed by atoms with Crippen LogP contribution in [-0.4, -0.2) is 5.78 Å². The molecule has 0 N–H and O–H groups in total. The SMILES string of the molecule is Cc1ccccc1C(=O)c1c(C(C)C)cc(C(C)C)cc1C(C)C. The van der Waals surface area contributed by atoms with Gasteiger partial charge in [0.15, 0.2) is 5.78 Å². The summed E-state index contributed by atoms with van der Waals surface area (Å²) >= 11 is 0. The van der Waals surface area contributed by atoms with Crippen LogP contribution in [0.15, 0.2) is 36.4 Å². The third kappa shape index (κ3) is 3.61. The normalized spacial score (nSPS) is 11.6. The number of carbonyl (C=O) groups excluding carboxylic acids is 1. The Morgan fingerprint density at radius 1 is 0.792 bits per heavy atom. The second-order valence-electron chi connectivity index (χ2n) is 7.68. The molecule has 24 heavy (non-hydrogen) atoms. The summed E-state index contributed by atoms with van der Waals surface area (Å²) in [5.74, 6) is 1.27. The molecule has 0 unspecified atom stereocenters. The summed E-state index contributed by atoms with van der Waals surface area (Å²) in [7, 11) is 0. The molecule has 0 radical (unpaired) electrons. The van der Waals surface area contributed by atoms with Crippen LogP contribution in [0.2, 0.25) is 0 Å². The van der Waals surface area contributed by atoms with Gasteiger partial charge in [-0.3, -0.25) is 4.79 Å². The molecule has 2 aromatic carbocycles. The summed E-state index contributed by atoms with van der Waals surface area (Å²) in [6, 6.07) is 12.4. The van der Waals surface area contributed by atoms with Gasteiger partial charge in [-0.25, -0.2) is 0 Å². The molecule has 0 amide bonds. The molecular formula is C23H30O. The third-order valence-electron chi connectivity index (χ3n) is 4.75. The van der Waals surface area contributed by atoms with Crippen molar-refractivity contribution in [3.05, 3.63) is 69.8 Å². The summed E-state index contributed by atoms with van der Waals surface area (Å²) in [6.07, 6.45) is 0. The molecule has 1 heteroatoms. The molecule has 0 bridgehead atoms. The average Bonchev–Trinajstić information content (AvgIpc) is 2.53. The maximum absolute atomic E-state index is 13.4. The molecule has 0 saturated carbocycles. The van der Waals surface area contributed by atoms with Crippen molar-refractivity contribution in [3.8, 4) is 0 Å². The van der Waals surface area contributed by atoms with E-state index in [1.165, 1.54) is 16.7 Å². The van der Waals surface area contributed by atoms with Crippen molar-refractivity contribution in [3.63, 3.8) is 0 Å². The van der Waals surface area contributed by atoms with E-state index in [9.17, 15) is 4.79 Å². The first-order chi connectivity index (χ1) is 11.2.